The van der Waals surface area contributed by atoms with E-state index in [1.165, 1.54) is 0 Å². The largest absolute Gasteiger partial charge is 0.459 e. The van der Waals surface area contributed by atoms with E-state index in [-0.39, 0.29) is 12.0 Å². The minimum absolute atomic E-state index is 0.150. The molecule has 106 valence electrons. The molecule has 0 aliphatic carbocycles. The van der Waals surface area contributed by atoms with Crippen LogP contribution in [0.4, 0.5) is 5.13 Å². The summed E-state index contributed by atoms with van der Waals surface area (Å²) in [5, 5.41) is 3.06. The summed E-state index contributed by atoms with van der Waals surface area (Å²) in [6, 6.07) is 0. The molecule has 6 nitrogen and oxygen atoms in total. The van der Waals surface area contributed by atoms with Crippen LogP contribution in [0.15, 0.2) is 0 Å². The van der Waals surface area contributed by atoms with Gasteiger partial charge in [0.05, 0.1) is 11.8 Å². The first kappa shape index (κ1) is 15.6. The number of rotatable bonds is 6. The molecule has 0 aromatic carbocycles. The molecule has 1 aromatic heterocycles. The SMILES string of the molecule is Cc1nc(NC(=O)CCCN)sc1C(=O)OC(C)C. The van der Waals surface area contributed by atoms with Crippen LogP contribution >= 0.6 is 11.3 Å². The zero-order chi connectivity index (χ0) is 14.4. The van der Waals surface area contributed by atoms with Gasteiger partial charge in [0.15, 0.2) is 5.13 Å². The number of nitrogens with zero attached hydrogens (tertiary/aromatic N) is 1. The third-order valence-corrected chi connectivity index (χ3v) is 3.23. The van der Waals surface area contributed by atoms with Crippen molar-refractivity contribution in [2.24, 2.45) is 5.73 Å². The lowest BCUT2D eigenvalue weighted by molar-refractivity contribution is -0.116. The average Bonchev–Trinajstić information content (AvgIpc) is 2.66. The first-order chi connectivity index (χ1) is 8.93. The molecule has 0 fully saturated rings. The van der Waals surface area contributed by atoms with Crippen LogP contribution in [0.2, 0.25) is 0 Å². The summed E-state index contributed by atoms with van der Waals surface area (Å²) in [6.07, 6.45) is 0.788. The summed E-state index contributed by atoms with van der Waals surface area (Å²) in [5.74, 6) is -0.560. The van der Waals surface area contributed by atoms with E-state index < -0.39 is 5.97 Å². The lowest BCUT2D eigenvalue weighted by atomic mass is 10.3. The highest BCUT2D eigenvalue weighted by molar-refractivity contribution is 7.17. The van der Waals surface area contributed by atoms with Gasteiger partial charge in [-0.2, -0.15) is 0 Å². The molecule has 0 saturated carbocycles. The van der Waals surface area contributed by atoms with Crippen molar-refractivity contribution in [3.05, 3.63) is 10.6 Å². The minimum atomic E-state index is -0.410. The number of thiazole rings is 1. The van der Waals surface area contributed by atoms with Crippen LogP contribution in [0.1, 0.15) is 42.1 Å². The van der Waals surface area contributed by atoms with Gasteiger partial charge in [0.1, 0.15) is 4.88 Å². The third kappa shape index (κ3) is 4.96. The molecule has 0 bridgehead atoms. The fourth-order valence-corrected chi connectivity index (χ4v) is 2.22. The lowest BCUT2D eigenvalue weighted by Crippen LogP contribution is -2.13. The number of aryl methyl sites for hydroxylation is 1. The predicted molar refractivity (Wildman–Crippen MR) is 74.3 cm³/mol. The molecule has 1 heterocycles. The van der Waals surface area contributed by atoms with E-state index in [9.17, 15) is 9.59 Å². The Kier molecular flexibility index (Phi) is 5.91. The smallest absolute Gasteiger partial charge is 0.350 e. The fraction of sp³-hybridized carbons (Fsp3) is 0.583. The third-order valence-electron chi connectivity index (χ3n) is 2.18. The van der Waals surface area contributed by atoms with Gasteiger partial charge in [-0.25, -0.2) is 9.78 Å². The summed E-state index contributed by atoms with van der Waals surface area (Å²) < 4.78 is 5.10. The number of esters is 1. The molecule has 0 radical (unpaired) electrons. The second-order valence-electron chi connectivity index (χ2n) is 4.33. The number of aromatic nitrogens is 1. The van der Waals surface area contributed by atoms with Crippen molar-refractivity contribution >= 4 is 28.3 Å². The Labute approximate surface area is 116 Å². The zero-order valence-corrected chi connectivity index (χ0v) is 12.2. The first-order valence-electron chi connectivity index (χ1n) is 6.12. The monoisotopic (exact) mass is 285 g/mol. The number of hydrogen-bond acceptors (Lipinski definition) is 6. The molecule has 0 aliphatic rings. The van der Waals surface area contributed by atoms with E-state index >= 15 is 0 Å². The van der Waals surface area contributed by atoms with Crippen molar-refractivity contribution in [2.75, 3.05) is 11.9 Å². The first-order valence-corrected chi connectivity index (χ1v) is 6.94. The lowest BCUT2D eigenvalue weighted by Gasteiger charge is -2.05. The summed E-state index contributed by atoms with van der Waals surface area (Å²) >= 11 is 1.12. The Morgan fingerprint density at radius 3 is 2.74 bits per heavy atom. The molecule has 0 atom stereocenters. The number of anilines is 1. The minimum Gasteiger partial charge on any atom is -0.459 e. The van der Waals surface area contributed by atoms with Gasteiger partial charge in [0.2, 0.25) is 5.91 Å². The van der Waals surface area contributed by atoms with Gasteiger partial charge >= 0.3 is 5.97 Å². The van der Waals surface area contributed by atoms with Gasteiger partial charge < -0.3 is 15.8 Å². The molecule has 0 aliphatic heterocycles. The van der Waals surface area contributed by atoms with Crippen LogP contribution in [0.5, 0.6) is 0 Å². The topological polar surface area (TPSA) is 94.3 Å². The van der Waals surface area contributed by atoms with Crippen molar-refractivity contribution < 1.29 is 14.3 Å². The highest BCUT2D eigenvalue weighted by atomic mass is 32.1. The number of nitrogens with two attached hydrogens (primary N) is 1. The quantitative estimate of drug-likeness (QED) is 0.776. The predicted octanol–water partition coefficient (Wildman–Crippen LogP) is 1.69. The van der Waals surface area contributed by atoms with Gasteiger partial charge in [-0.1, -0.05) is 11.3 Å². The van der Waals surface area contributed by atoms with Crippen LogP contribution in [-0.4, -0.2) is 29.5 Å². The van der Waals surface area contributed by atoms with Crippen molar-refractivity contribution in [1.29, 1.82) is 0 Å². The fourth-order valence-electron chi connectivity index (χ4n) is 1.35. The molecular weight excluding hydrogens is 266 g/mol. The van der Waals surface area contributed by atoms with Crippen LogP contribution in [0.3, 0.4) is 0 Å². The maximum atomic E-state index is 11.8. The Bertz CT molecular complexity index is 457. The molecule has 0 unspecified atom stereocenters. The molecular formula is C12H19N3O3S. The molecule has 1 aromatic rings. The Hall–Kier alpha value is -1.47. The van der Waals surface area contributed by atoms with Crippen LogP contribution in [0, 0.1) is 6.92 Å². The number of ether oxygens (including phenoxy) is 1. The van der Waals surface area contributed by atoms with E-state index in [4.69, 9.17) is 10.5 Å². The second kappa shape index (κ2) is 7.20. The van der Waals surface area contributed by atoms with Gasteiger partial charge in [-0.05, 0) is 33.7 Å². The van der Waals surface area contributed by atoms with Gasteiger partial charge in [-0.3, -0.25) is 4.79 Å². The molecule has 3 N–H and O–H groups in total. The van der Waals surface area contributed by atoms with Crippen LogP contribution in [0.25, 0.3) is 0 Å². The maximum Gasteiger partial charge on any atom is 0.350 e. The Morgan fingerprint density at radius 2 is 2.16 bits per heavy atom. The van der Waals surface area contributed by atoms with Crippen LogP contribution < -0.4 is 11.1 Å². The maximum absolute atomic E-state index is 11.8. The summed E-state index contributed by atoms with van der Waals surface area (Å²) in [4.78, 5) is 27.9. The van der Waals surface area contributed by atoms with Crippen molar-refractivity contribution in [1.82, 2.24) is 4.98 Å². The number of carbonyl (C=O) groups is 2. The Morgan fingerprint density at radius 1 is 1.47 bits per heavy atom. The van der Waals surface area contributed by atoms with E-state index in [0.717, 1.165) is 11.3 Å². The van der Waals surface area contributed by atoms with E-state index in [0.29, 0.717) is 35.1 Å². The average molecular weight is 285 g/mol. The van der Waals surface area contributed by atoms with Gasteiger partial charge in [0.25, 0.3) is 0 Å². The highest BCUT2D eigenvalue weighted by Crippen LogP contribution is 2.23. The molecule has 0 spiro atoms. The number of amides is 1. The highest BCUT2D eigenvalue weighted by Gasteiger charge is 2.18. The van der Waals surface area contributed by atoms with E-state index in [2.05, 4.69) is 10.3 Å². The number of hydrogen-bond donors (Lipinski definition) is 2. The molecule has 1 amide bonds. The Balaban J connectivity index is 2.68. The van der Waals surface area contributed by atoms with Crippen LogP contribution in [-0.2, 0) is 9.53 Å². The molecule has 1 rings (SSSR count). The van der Waals surface area contributed by atoms with Crippen molar-refractivity contribution in [3.63, 3.8) is 0 Å². The van der Waals surface area contributed by atoms with E-state index in [1.54, 1.807) is 20.8 Å². The van der Waals surface area contributed by atoms with Crippen molar-refractivity contribution in [2.45, 2.75) is 39.7 Å². The summed E-state index contributed by atoms with van der Waals surface area (Å²) in [6.45, 7) is 5.74. The normalized spacial score (nSPS) is 10.6. The summed E-state index contributed by atoms with van der Waals surface area (Å²) in [7, 11) is 0. The zero-order valence-electron chi connectivity index (χ0n) is 11.4. The van der Waals surface area contributed by atoms with Gasteiger partial charge in [-0.15, -0.1) is 0 Å². The molecule has 19 heavy (non-hydrogen) atoms. The van der Waals surface area contributed by atoms with Gasteiger partial charge in [0, 0.05) is 6.42 Å². The summed E-state index contributed by atoms with van der Waals surface area (Å²) in [5.41, 5.74) is 5.89. The standard InChI is InChI=1S/C12H19N3O3S/c1-7(2)18-11(17)10-8(3)14-12(19-10)15-9(16)5-4-6-13/h7H,4-6,13H2,1-3H3,(H,14,15,16). The van der Waals surface area contributed by atoms with E-state index in [1.807, 2.05) is 0 Å². The van der Waals surface area contributed by atoms with Crippen molar-refractivity contribution in [3.8, 4) is 0 Å². The molecule has 7 heteroatoms. The second-order valence-corrected chi connectivity index (χ2v) is 5.33. The molecule has 0 saturated heterocycles. The number of carbonyl (C=O) groups excluding carboxylic acids is 2. The number of nitrogens with one attached hydrogen (secondary N) is 1.